The Morgan fingerprint density at radius 2 is 1.61 bits per heavy atom. The largest absolute Gasteiger partial charge is 0.506 e. The zero-order chi connectivity index (χ0) is 16.3. The number of hydrogen-bond donors (Lipinski definition) is 1. The molecule has 4 atom stereocenters. The summed E-state index contributed by atoms with van der Waals surface area (Å²) in [4.78, 5) is 25.0. The minimum absolute atomic E-state index is 0.184. The highest BCUT2D eigenvalue weighted by atomic mass is 127. The highest BCUT2D eigenvalue weighted by molar-refractivity contribution is 14.1. The molecule has 0 aromatic heterocycles. The van der Waals surface area contributed by atoms with Crippen molar-refractivity contribution in [2.24, 2.45) is 28.8 Å². The summed E-state index contributed by atoms with van der Waals surface area (Å²) in [5, 5.41) is 15.0. The molecule has 0 unspecified atom stereocenters. The summed E-state index contributed by atoms with van der Waals surface area (Å²) < 4.78 is 1.41. The molecular formula is C16H12I2N2O3. The number of carbonyl (C=O) groups is 2. The van der Waals surface area contributed by atoms with Crippen LogP contribution in [0.4, 0.5) is 0 Å². The van der Waals surface area contributed by atoms with Crippen LogP contribution in [-0.2, 0) is 9.59 Å². The molecule has 2 fully saturated rings. The maximum absolute atomic E-state index is 12.5. The van der Waals surface area contributed by atoms with E-state index in [1.165, 1.54) is 6.21 Å². The predicted molar refractivity (Wildman–Crippen MR) is 101 cm³/mol. The summed E-state index contributed by atoms with van der Waals surface area (Å²) in [6.45, 7) is 0. The maximum atomic E-state index is 12.5. The summed E-state index contributed by atoms with van der Waals surface area (Å²) in [7, 11) is 0. The fourth-order valence-corrected chi connectivity index (χ4v) is 5.60. The Morgan fingerprint density at radius 3 is 2.13 bits per heavy atom. The molecular weight excluding hydrogens is 522 g/mol. The summed E-state index contributed by atoms with van der Waals surface area (Å²) in [6.07, 6.45) is 6.55. The van der Waals surface area contributed by atoms with E-state index >= 15 is 0 Å². The van der Waals surface area contributed by atoms with Gasteiger partial charge in [0.15, 0.2) is 0 Å². The number of nitrogens with zero attached hydrogens (tertiary/aromatic N) is 2. The Hall–Kier alpha value is -0.970. The van der Waals surface area contributed by atoms with Crippen LogP contribution < -0.4 is 0 Å². The van der Waals surface area contributed by atoms with Crippen LogP contribution >= 0.6 is 45.2 Å². The van der Waals surface area contributed by atoms with Crippen molar-refractivity contribution in [1.29, 1.82) is 0 Å². The molecule has 1 aliphatic heterocycles. The van der Waals surface area contributed by atoms with Crippen molar-refractivity contribution < 1.29 is 14.7 Å². The molecule has 1 N–H and O–H groups in total. The third-order valence-electron chi connectivity index (χ3n) is 4.81. The molecule has 4 rings (SSSR count). The molecule has 1 saturated carbocycles. The van der Waals surface area contributed by atoms with E-state index < -0.39 is 0 Å². The number of aromatic hydroxyl groups is 1. The van der Waals surface area contributed by atoms with Gasteiger partial charge in [-0.05, 0) is 81.1 Å². The van der Waals surface area contributed by atoms with Gasteiger partial charge in [0.2, 0.25) is 0 Å². The SMILES string of the molecule is O=C1[C@H]2[C@H](C(=O)N1/N=C\c1cc(I)c(O)c(I)c1)[C@H]1C=C[C@H]2C1. The van der Waals surface area contributed by atoms with Crippen molar-refractivity contribution in [3.8, 4) is 5.75 Å². The summed E-state index contributed by atoms with van der Waals surface area (Å²) in [5.74, 6) is -0.208. The summed E-state index contributed by atoms with van der Waals surface area (Å²) in [6, 6.07) is 3.53. The number of phenols is 1. The van der Waals surface area contributed by atoms with Crippen molar-refractivity contribution in [2.45, 2.75) is 6.42 Å². The molecule has 1 aromatic rings. The molecule has 1 aromatic carbocycles. The number of rotatable bonds is 2. The van der Waals surface area contributed by atoms with Crippen LogP contribution in [0.1, 0.15) is 12.0 Å². The first-order valence-corrected chi connectivity index (χ1v) is 9.41. The van der Waals surface area contributed by atoms with Gasteiger partial charge in [-0.25, -0.2) is 0 Å². The molecule has 1 saturated heterocycles. The monoisotopic (exact) mass is 534 g/mol. The summed E-state index contributed by atoms with van der Waals surface area (Å²) in [5.41, 5.74) is 0.746. The first-order valence-electron chi connectivity index (χ1n) is 7.25. The van der Waals surface area contributed by atoms with Gasteiger partial charge in [0, 0.05) is 0 Å². The first kappa shape index (κ1) is 15.6. The average Bonchev–Trinajstić information content (AvgIpc) is 3.18. The fourth-order valence-electron chi connectivity index (χ4n) is 3.78. The van der Waals surface area contributed by atoms with Gasteiger partial charge >= 0.3 is 0 Å². The van der Waals surface area contributed by atoms with Crippen LogP contribution in [0.2, 0.25) is 0 Å². The molecule has 2 aliphatic carbocycles. The zero-order valence-electron chi connectivity index (χ0n) is 11.8. The number of hydrazone groups is 1. The van der Waals surface area contributed by atoms with E-state index in [4.69, 9.17) is 0 Å². The Kier molecular flexibility index (Phi) is 3.74. The van der Waals surface area contributed by atoms with Crippen LogP contribution in [-0.4, -0.2) is 28.1 Å². The quantitative estimate of drug-likeness (QED) is 0.275. The van der Waals surface area contributed by atoms with Gasteiger partial charge in [-0.1, -0.05) is 12.2 Å². The number of fused-ring (bicyclic) bond motifs is 5. The molecule has 0 spiro atoms. The maximum Gasteiger partial charge on any atom is 0.254 e. The molecule has 2 amide bonds. The molecule has 1 heterocycles. The molecule has 118 valence electrons. The van der Waals surface area contributed by atoms with Gasteiger partial charge in [0.1, 0.15) is 5.75 Å². The van der Waals surface area contributed by atoms with E-state index in [1.54, 1.807) is 12.1 Å². The van der Waals surface area contributed by atoms with Crippen molar-refractivity contribution in [1.82, 2.24) is 5.01 Å². The van der Waals surface area contributed by atoms with Crippen LogP contribution in [0.25, 0.3) is 0 Å². The number of imide groups is 1. The Morgan fingerprint density at radius 1 is 1.09 bits per heavy atom. The van der Waals surface area contributed by atoms with Crippen LogP contribution in [0.5, 0.6) is 5.75 Å². The third kappa shape index (κ3) is 2.34. The standard InChI is InChI=1S/C16H12I2N2O3/c17-10-3-7(4-11(18)14(10)21)6-19-20-15(22)12-8-1-2-9(5-8)13(12)16(20)23/h1-4,6,8-9,12-13,21H,5H2/b19-6-/t8-,9-,12+,13+/m0/s1. The predicted octanol–water partition coefficient (Wildman–Crippen LogP) is 2.74. The molecule has 7 heteroatoms. The number of benzene rings is 1. The van der Waals surface area contributed by atoms with Crippen LogP contribution in [0, 0.1) is 30.8 Å². The molecule has 23 heavy (non-hydrogen) atoms. The number of amides is 2. The summed E-state index contributed by atoms with van der Waals surface area (Å²) >= 11 is 4.07. The van der Waals surface area contributed by atoms with Crippen LogP contribution in [0.15, 0.2) is 29.4 Å². The van der Waals surface area contributed by atoms with Crippen LogP contribution in [0.3, 0.4) is 0 Å². The Balaban J connectivity index is 1.60. The number of hydrogen-bond acceptors (Lipinski definition) is 4. The second kappa shape index (κ2) is 5.54. The Labute approximate surface area is 160 Å². The molecule has 3 aliphatic rings. The van der Waals surface area contributed by atoms with Crippen molar-refractivity contribution in [2.75, 3.05) is 0 Å². The number of phenolic OH excluding ortho intramolecular Hbond substituents is 1. The van der Waals surface area contributed by atoms with E-state index in [9.17, 15) is 14.7 Å². The van der Waals surface area contributed by atoms with E-state index in [1.807, 2.05) is 45.2 Å². The van der Waals surface area contributed by atoms with E-state index in [2.05, 4.69) is 17.3 Å². The second-order valence-electron chi connectivity index (χ2n) is 6.07. The van der Waals surface area contributed by atoms with Crippen molar-refractivity contribution >= 4 is 63.2 Å². The van der Waals surface area contributed by atoms with Gasteiger partial charge in [0.25, 0.3) is 11.8 Å². The number of halogens is 2. The lowest BCUT2D eigenvalue weighted by atomic mass is 9.85. The second-order valence-corrected chi connectivity index (χ2v) is 8.39. The third-order valence-corrected chi connectivity index (χ3v) is 6.45. The highest BCUT2D eigenvalue weighted by Crippen LogP contribution is 2.52. The normalized spacial score (nSPS) is 31.7. The van der Waals surface area contributed by atoms with Gasteiger partial charge in [-0.15, -0.1) is 0 Å². The van der Waals surface area contributed by atoms with Gasteiger partial charge in [0.05, 0.1) is 25.2 Å². The van der Waals surface area contributed by atoms with Crippen molar-refractivity contribution in [3.63, 3.8) is 0 Å². The topological polar surface area (TPSA) is 70.0 Å². The highest BCUT2D eigenvalue weighted by Gasteiger charge is 2.59. The molecule has 5 nitrogen and oxygen atoms in total. The van der Waals surface area contributed by atoms with Gasteiger partial charge in [-0.3, -0.25) is 9.59 Å². The van der Waals surface area contributed by atoms with Crippen molar-refractivity contribution in [3.05, 3.63) is 37.0 Å². The lowest BCUT2D eigenvalue weighted by Crippen LogP contribution is -2.28. The molecule has 2 bridgehead atoms. The lowest BCUT2D eigenvalue weighted by molar-refractivity contribution is -0.140. The smallest absolute Gasteiger partial charge is 0.254 e. The first-order chi connectivity index (χ1) is 11.0. The van der Waals surface area contributed by atoms with E-state index in [-0.39, 0.29) is 41.2 Å². The average molecular weight is 534 g/mol. The Bertz CT molecular complexity index is 737. The van der Waals surface area contributed by atoms with Gasteiger partial charge in [-0.2, -0.15) is 10.1 Å². The number of allylic oxidation sites excluding steroid dienone is 2. The minimum Gasteiger partial charge on any atom is -0.506 e. The lowest BCUT2D eigenvalue weighted by Gasteiger charge is -2.13. The molecule has 0 radical (unpaired) electrons. The fraction of sp³-hybridized carbons (Fsp3) is 0.312. The number of carbonyl (C=O) groups excluding carboxylic acids is 2. The zero-order valence-corrected chi connectivity index (χ0v) is 16.1. The minimum atomic E-state index is -0.227. The van der Waals surface area contributed by atoms with E-state index in [0.29, 0.717) is 7.14 Å². The van der Waals surface area contributed by atoms with Gasteiger partial charge < -0.3 is 5.11 Å². The van der Waals surface area contributed by atoms with E-state index in [0.717, 1.165) is 17.0 Å².